The standard InChI is InChI=1S/C19H20N2O3/c1-12-10-17(12)18-8-6-16(24-18)7-9-19(23)21-15-5-3-4-14(11-15)20-13(2)22/h3-9,11-12,17H,10H2,1-2H3,(H,20,22)(H,21,23)/b9-7+. The van der Waals surface area contributed by atoms with E-state index in [0.29, 0.717) is 29.0 Å². The van der Waals surface area contributed by atoms with Gasteiger partial charge in [-0.1, -0.05) is 13.0 Å². The summed E-state index contributed by atoms with van der Waals surface area (Å²) < 4.78 is 5.73. The molecule has 2 atom stereocenters. The highest BCUT2D eigenvalue weighted by atomic mass is 16.3. The van der Waals surface area contributed by atoms with Crippen LogP contribution in [-0.4, -0.2) is 11.8 Å². The molecule has 5 heteroatoms. The predicted molar refractivity (Wildman–Crippen MR) is 93.6 cm³/mol. The quantitative estimate of drug-likeness (QED) is 0.816. The Kier molecular flexibility index (Phi) is 4.51. The topological polar surface area (TPSA) is 71.3 Å². The van der Waals surface area contributed by atoms with Crippen LogP contribution in [0.25, 0.3) is 6.08 Å². The number of benzene rings is 1. The van der Waals surface area contributed by atoms with Crippen LogP contribution in [0.5, 0.6) is 0 Å². The largest absolute Gasteiger partial charge is 0.461 e. The van der Waals surface area contributed by atoms with Crippen LogP contribution in [0.3, 0.4) is 0 Å². The first-order chi connectivity index (χ1) is 11.5. The first kappa shape index (κ1) is 16.1. The van der Waals surface area contributed by atoms with E-state index in [1.165, 1.54) is 19.4 Å². The molecule has 1 aromatic heterocycles. The zero-order valence-electron chi connectivity index (χ0n) is 13.7. The Labute approximate surface area is 140 Å². The minimum atomic E-state index is -0.257. The van der Waals surface area contributed by atoms with Crippen LogP contribution < -0.4 is 10.6 Å². The smallest absolute Gasteiger partial charge is 0.248 e. The fourth-order valence-electron chi connectivity index (χ4n) is 2.60. The summed E-state index contributed by atoms with van der Waals surface area (Å²) in [6, 6.07) is 10.8. The second-order valence-corrected chi connectivity index (χ2v) is 6.14. The number of hydrogen-bond donors (Lipinski definition) is 2. The fourth-order valence-corrected chi connectivity index (χ4v) is 2.60. The van der Waals surface area contributed by atoms with Crippen molar-refractivity contribution in [2.75, 3.05) is 10.6 Å². The van der Waals surface area contributed by atoms with Crippen LogP contribution in [-0.2, 0) is 9.59 Å². The van der Waals surface area contributed by atoms with E-state index >= 15 is 0 Å². The van der Waals surface area contributed by atoms with Crippen molar-refractivity contribution in [1.82, 2.24) is 0 Å². The molecule has 3 rings (SSSR count). The summed E-state index contributed by atoms with van der Waals surface area (Å²) in [4.78, 5) is 23.1. The van der Waals surface area contributed by atoms with Gasteiger partial charge >= 0.3 is 0 Å². The van der Waals surface area contributed by atoms with Gasteiger partial charge in [-0.3, -0.25) is 9.59 Å². The average Bonchev–Trinajstić information content (AvgIpc) is 3.07. The molecule has 24 heavy (non-hydrogen) atoms. The van der Waals surface area contributed by atoms with Gasteiger partial charge in [0.25, 0.3) is 0 Å². The lowest BCUT2D eigenvalue weighted by atomic mass is 10.2. The Morgan fingerprint density at radius 2 is 1.88 bits per heavy atom. The minimum absolute atomic E-state index is 0.156. The van der Waals surface area contributed by atoms with Gasteiger partial charge in [0.2, 0.25) is 11.8 Å². The van der Waals surface area contributed by atoms with Crippen LogP contribution in [0, 0.1) is 5.92 Å². The van der Waals surface area contributed by atoms with Crippen molar-refractivity contribution in [3.05, 3.63) is 54.0 Å². The number of anilines is 2. The monoisotopic (exact) mass is 324 g/mol. The Morgan fingerprint density at radius 1 is 1.17 bits per heavy atom. The van der Waals surface area contributed by atoms with E-state index in [1.807, 2.05) is 12.1 Å². The molecule has 1 aliphatic carbocycles. The molecule has 0 spiro atoms. The van der Waals surface area contributed by atoms with Crippen molar-refractivity contribution in [1.29, 1.82) is 0 Å². The molecule has 0 radical (unpaired) electrons. The zero-order valence-corrected chi connectivity index (χ0v) is 13.7. The van der Waals surface area contributed by atoms with Crippen LogP contribution in [0.15, 0.2) is 46.9 Å². The number of amides is 2. The van der Waals surface area contributed by atoms with E-state index < -0.39 is 0 Å². The van der Waals surface area contributed by atoms with Crippen molar-refractivity contribution in [2.24, 2.45) is 5.92 Å². The summed E-state index contributed by atoms with van der Waals surface area (Å²) in [6.45, 7) is 3.64. The van der Waals surface area contributed by atoms with Crippen molar-refractivity contribution in [3.63, 3.8) is 0 Å². The molecule has 2 amide bonds. The Balaban J connectivity index is 1.59. The Bertz CT molecular complexity index is 791. The number of furan rings is 1. The van der Waals surface area contributed by atoms with Crippen LogP contribution in [0.1, 0.15) is 37.7 Å². The number of hydrogen-bond acceptors (Lipinski definition) is 3. The Hall–Kier alpha value is -2.82. The second-order valence-electron chi connectivity index (χ2n) is 6.14. The molecule has 1 heterocycles. The van der Waals surface area contributed by atoms with Gasteiger partial charge < -0.3 is 15.1 Å². The van der Waals surface area contributed by atoms with Gasteiger partial charge in [0, 0.05) is 30.3 Å². The average molecular weight is 324 g/mol. The lowest BCUT2D eigenvalue weighted by Crippen LogP contribution is -2.09. The van der Waals surface area contributed by atoms with E-state index in [-0.39, 0.29) is 11.8 Å². The molecule has 0 aliphatic heterocycles. The van der Waals surface area contributed by atoms with Crippen LogP contribution in [0.4, 0.5) is 11.4 Å². The van der Waals surface area contributed by atoms with Gasteiger partial charge in [-0.05, 0) is 48.7 Å². The molecule has 124 valence electrons. The summed E-state index contributed by atoms with van der Waals surface area (Å²) in [5, 5.41) is 5.43. The maximum atomic E-state index is 12.0. The molecule has 0 bridgehead atoms. The van der Waals surface area contributed by atoms with E-state index in [1.54, 1.807) is 30.3 Å². The second kappa shape index (κ2) is 6.74. The maximum Gasteiger partial charge on any atom is 0.248 e. The van der Waals surface area contributed by atoms with Gasteiger partial charge in [0.1, 0.15) is 11.5 Å². The van der Waals surface area contributed by atoms with E-state index in [2.05, 4.69) is 17.6 Å². The van der Waals surface area contributed by atoms with E-state index in [4.69, 9.17) is 4.42 Å². The highest BCUT2D eigenvalue weighted by Gasteiger charge is 2.36. The van der Waals surface area contributed by atoms with Crippen LogP contribution in [0.2, 0.25) is 0 Å². The lowest BCUT2D eigenvalue weighted by molar-refractivity contribution is -0.114. The van der Waals surface area contributed by atoms with Crippen molar-refractivity contribution in [3.8, 4) is 0 Å². The van der Waals surface area contributed by atoms with Gasteiger partial charge in [0.15, 0.2) is 0 Å². The number of carbonyl (C=O) groups is 2. The van der Waals surface area contributed by atoms with Crippen LogP contribution >= 0.6 is 0 Å². The normalized spacial score (nSPS) is 19.2. The van der Waals surface area contributed by atoms with Crippen molar-refractivity contribution >= 4 is 29.3 Å². The number of carbonyl (C=O) groups excluding carboxylic acids is 2. The van der Waals surface area contributed by atoms with Gasteiger partial charge in [-0.15, -0.1) is 0 Å². The highest BCUT2D eigenvalue weighted by molar-refractivity contribution is 6.02. The third kappa shape index (κ3) is 4.13. The molecule has 2 unspecified atom stereocenters. The first-order valence-electron chi connectivity index (χ1n) is 7.98. The lowest BCUT2D eigenvalue weighted by Gasteiger charge is -2.05. The molecular formula is C19H20N2O3. The summed E-state index contributed by atoms with van der Waals surface area (Å²) in [5.74, 6) is 2.46. The van der Waals surface area contributed by atoms with Crippen molar-refractivity contribution in [2.45, 2.75) is 26.2 Å². The Morgan fingerprint density at radius 3 is 2.54 bits per heavy atom. The molecule has 0 saturated heterocycles. The summed E-state index contributed by atoms with van der Waals surface area (Å²) >= 11 is 0. The first-order valence-corrected chi connectivity index (χ1v) is 7.98. The molecule has 1 aliphatic rings. The summed E-state index contributed by atoms with van der Waals surface area (Å²) in [7, 11) is 0. The van der Waals surface area contributed by atoms with Gasteiger partial charge in [-0.25, -0.2) is 0 Å². The number of rotatable bonds is 5. The molecular weight excluding hydrogens is 304 g/mol. The predicted octanol–water partition coefficient (Wildman–Crippen LogP) is 4.01. The minimum Gasteiger partial charge on any atom is -0.461 e. The molecule has 1 aromatic carbocycles. The number of nitrogens with one attached hydrogen (secondary N) is 2. The fraction of sp³-hybridized carbons (Fsp3) is 0.263. The van der Waals surface area contributed by atoms with Gasteiger partial charge in [-0.2, -0.15) is 0 Å². The molecule has 2 aromatic rings. The van der Waals surface area contributed by atoms with E-state index in [9.17, 15) is 9.59 Å². The highest BCUT2D eigenvalue weighted by Crippen LogP contribution is 2.47. The molecule has 1 fully saturated rings. The zero-order chi connectivity index (χ0) is 17.1. The van der Waals surface area contributed by atoms with Gasteiger partial charge in [0.05, 0.1) is 0 Å². The summed E-state index contributed by atoms with van der Waals surface area (Å²) in [5.41, 5.74) is 1.25. The third-order valence-electron chi connectivity index (χ3n) is 3.97. The summed E-state index contributed by atoms with van der Waals surface area (Å²) in [6.07, 6.45) is 4.26. The SMILES string of the molecule is CC(=O)Nc1cccc(NC(=O)/C=C/c2ccc(C3CC3C)o2)c1. The van der Waals surface area contributed by atoms with Crippen molar-refractivity contribution < 1.29 is 14.0 Å². The third-order valence-corrected chi connectivity index (χ3v) is 3.97. The molecule has 1 saturated carbocycles. The molecule has 5 nitrogen and oxygen atoms in total. The molecule has 2 N–H and O–H groups in total. The van der Waals surface area contributed by atoms with E-state index in [0.717, 1.165) is 5.76 Å². The maximum absolute atomic E-state index is 12.0.